The van der Waals surface area contributed by atoms with Gasteiger partial charge in [0.1, 0.15) is 0 Å². The first kappa shape index (κ1) is 29.2. The van der Waals surface area contributed by atoms with Gasteiger partial charge in [-0.1, -0.05) is 24.3 Å². The second kappa shape index (κ2) is 12.6. The van der Waals surface area contributed by atoms with Gasteiger partial charge in [-0.3, -0.25) is 14.6 Å². The highest BCUT2D eigenvalue weighted by molar-refractivity contribution is 6.17. The van der Waals surface area contributed by atoms with Crippen molar-refractivity contribution in [1.82, 2.24) is 15.0 Å². The number of carbonyl (C=O) groups excluding carboxylic acids is 2. The summed E-state index contributed by atoms with van der Waals surface area (Å²) in [6.45, 7) is 2.60. The summed E-state index contributed by atoms with van der Waals surface area (Å²) in [6.07, 6.45) is 6.90. The average Bonchev–Trinajstić information content (AvgIpc) is 3.33. The number of H-pyrrole nitrogens is 2. The summed E-state index contributed by atoms with van der Waals surface area (Å²) in [6, 6.07) is 13.9. The zero-order valence-corrected chi connectivity index (χ0v) is 23.2. The molecule has 1 saturated carbocycles. The molecule has 1 atom stereocenters. The number of imidazole rings is 1. The van der Waals surface area contributed by atoms with E-state index in [0.29, 0.717) is 42.0 Å². The van der Waals surface area contributed by atoms with E-state index < -0.39 is 11.9 Å². The maximum Gasteiger partial charge on any atom is 0.323 e. The number of rotatable bonds is 7. The highest BCUT2D eigenvalue weighted by Crippen LogP contribution is 2.32. The van der Waals surface area contributed by atoms with Gasteiger partial charge in [0.15, 0.2) is 0 Å². The maximum absolute atomic E-state index is 13.9. The number of amides is 2. The van der Waals surface area contributed by atoms with Crippen LogP contribution in [-0.4, -0.2) is 39.4 Å². The van der Waals surface area contributed by atoms with E-state index in [1.165, 1.54) is 4.90 Å². The SMILES string of the molecule is Cc1cnccc1-c1cccc(C[C@H](N)C(=O)N(c2ccc3[nH]c(=O)[nH]c3c2)C(=O)[C@H]2CC[C@H](CN)CC2)c1.Cl. The molecule has 9 nitrogen and oxygen atoms in total. The van der Waals surface area contributed by atoms with Crippen LogP contribution in [0.15, 0.2) is 65.7 Å². The van der Waals surface area contributed by atoms with Crippen LogP contribution in [0.2, 0.25) is 0 Å². The molecule has 0 saturated heterocycles. The highest BCUT2D eigenvalue weighted by atomic mass is 35.5. The van der Waals surface area contributed by atoms with E-state index in [9.17, 15) is 14.4 Å². The van der Waals surface area contributed by atoms with Crippen molar-refractivity contribution in [2.24, 2.45) is 23.3 Å². The molecule has 1 aliphatic rings. The Kier molecular flexibility index (Phi) is 9.19. The van der Waals surface area contributed by atoms with Crippen molar-refractivity contribution >= 4 is 40.9 Å². The van der Waals surface area contributed by atoms with Gasteiger partial charge in [-0.05, 0) is 98.0 Å². The van der Waals surface area contributed by atoms with Crippen molar-refractivity contribution in [2.75, 3.05) is 11.4 Å². The molecule has 0 aliphatic heterocycles. The number of pyridine rings is 1. The minimum Gasteiger partial charge on any atom is -0.330 e. The van der Waals surface area contributed by atoms with Crippen molar-refractivity contribution in [3.8, 4) is 11.1 Å². The van der Waals surface area contributed by atoms with Gasteiger partial charge in [0.05, 0.1) is 22.8 Å². The Bertz CT molecular complexity index is 1560. The van der Waals surface area contributed by atoms with E-state index in [1.54, 1.807) is 24.4 Å². The zero-order chi connectivity index (χ0) is 27.5. The molecule has 0 bridgehead atoms. The fourth-order valence-electron chi connectivity index (χ4n) is 5.52. The Morgan fingerprint density at radius 3 is 2.52 bits per heavy atom. The number of imide groups is 1. The topological polar surface area (TPSA) is 151 Å². The van der Waals surface area contributed by atoms with Crippen LogP contribution in [0.1, 0.15) is 36.8 Å². The Balaban J connectivity index is 0.00000370. The largest absolute Gasteiger partial charge is 0.330 e. The summed E-state index contributed by atoms with van der Waals surface area (Å²) < 4.78 is 0. The molecule has 10 heteroatoms. The van der Waals surface area contributed by atoms with Gasteiger partial charge in [-0.25, -0.2) is 9.69 Å². The molecule has 0 unspecified atom stereocenters. The van der Waals surface area contributed by atoms with Crippen LogP contribution in [-0.2, 0) is 16.0 Å². The van der Waals surface area contributed by atoms with E-state index >= 15 is 0 Å². The molecule has 2 aromatic carbocycles. The summed E-state index contributed by atoms with van der Waals surface area (Å²) in [5, 5.41) is 0. The number of anilines is 1. The molecule has 5 rings (SSSR count). The van der Waals surface area contributed by atoms with Crippen molar-refractivity contribution < 1.29 is 9.59 Å². The van der Waals surface area contributed by atoms with Crippen molar-refractivity contribution in [3.05, 3.63) is 82.5 Å². The van der Waals surface area contributed by atoms with Crippen LogP contribution in [0.4, 0.5) is 5.69 Å². The van der Waals surface area contributed by atoms with Crippen LogP contribution in [0, 0.1) is 18.8 Å². The smallest absolute Gasteiger partial charge is 0.323 e. The monoisotopic (exact) mass is 562 g/mol. The van der Waals surface area contributed by atoms with Gasteiger partial charge in [0, 0.05) is 18.3 Å². The minimum atomic E-state index is -0.941. The molecule has 2 amide bonds. The lowest BCUT2D eigenvalue weighted by atomic mass is 9.81. The minimum absolute atomic E-state index is 0. The van der Waals surface area contributed by atoms with E-state index in [4.69, 9.17) is 11.5 Å². The Hall–Kier alpha value is -3.79. The highest BCUT2D eigenvalue weighted by Gasteiger charge is 2.35. The molecule has 40 heavy (non-hydrogen) atoms. The summed E-state index contributed by atoms with van der Waals surface area (Å²) in [7, 11) is 0. The second-order valence-corrected chi connectivity index (χ2v) is 10.5. The molecular weight excluding hydrogens is 528 g/mol. The van der Waals surface area contributed by atoms with Crippen LogP contribution in [0.25, 0.3) is 22.2 Å². The van der Waals surface area contributed by atoms with Gasteiger partial charge in [-0.15, -0.1) is 12.4 Å². The van der Waals surface area contributed by atoms with Crippen molar-refractivity contribution in [3.63, 3.8) is 0 Å². The third-order valence-corrected chi connectivity index (χ3v) is 7.76. The van der Waals surface area contributed by atoms with Crippen LogP contribution < -0.4 is 22.1 Å². The van der Waals surface area contributed by atoms with E-state index in [1.807, 2.05) is 43.5 Å². The Labute approximate surface area is 238 Å². The number of nitrogens with one attached hydrogen (secondary N) is 2. The average molecular weight is 563 g/mol. The first-order valence-electron chi connectivity index (χ1n) is 13.4. The predicted octanol–water partition coefficient (Wildman–Crippen LogP) is 3.84. The fourth-order valence-corrected chi connectivity index (χ4v) is 5.52. The molecule has 2 heterocycles. The lowest BCUT2D eigenvalue weighted by Crippen LogP contribution is -2.50. The number of halogens is 1. The number of benzene rings is 2. The number of fused-ring (bicyclic) bond motifs is 1. The number of aromatic amines is 2. The number of carbonyl (C=O) groups is 2. The quantitative estimate of drug-likeness (QED) is 0.268. The number of aryl methyl sites for hydroxylation is 1. The first-order chi connectivity index (χ1) is 18.8. The molecule has 4 aromatic rings. The number of nitrogens with two attached hydrogens (primary N) is 2. The van der Waals surface area contributed by atoms with Crippen LogP contribution in [0.3, 0.4) is 0 Å². The summed E-state index contributed by atoms with van der Waals surface area (Å²) in [4.78, 5) is 50.3. The lowest BCUT2D eigenvalue weighted by molar-refractivity contribution is -0.130. The van der Waals surface area contributed by atoms with Gasteiger partial charge < -0.3 is 21.4 Å². The standard InChI is InChI=1S/C30H34N6O3.ClH/c1-18-17-33-12-11-24(18)22-4-2-3-20(13-22)14-25(32)29(38)36(28(37)21-7-5-19(16-31)6-8-21)23-9-10-26-27(15-23)35-30(39)34-26;/h2-4,9-13,15,17,19,21,25H,5-8,14,16,31-32H2,1H3,(H2,34,35,39);1H/t19-,21-,25-;/m0./s1. The molecular formula is C30H35ClN6O3. The molecule has 2 aromatic heterocycles. The number of hydrogen-bond acceptors (Lipinski definition) is 6. The van der Waals surface area contributed by atoms with E-state index in [-0.39, 0.29) is 36.3 Å². The van der Waals surface area contributed by atoms with Gasteiger partial charge >= 0.3 is 5.69 Å². The van der Waals surface area contributed by atoms with Crippen molar-refractivity contribution in [1.29, 1.82) is 0 Å². The molecule has 210 valence electrons. The van der Waals surface area contributed by atoms with Crippen LogP contribution >= 0.6 is 12.4 Å². The van der Waals surface area contributed by atoms with Gasteiger partial charge in [0.25, 0.3) is 5.91 Å². The number of nitrogens with zero attached hydrogens (tertiary/aromatic N) is 2. The normalized spacial score (nSPS) is 17.7. The van der Waals surface area contributed by atoms with Gasteiger partial charge in [-0.2, -0.15) is 0 Å². The summed E-state index contributed by atoms with van der Waals surface area (Å²) >= 11 is 0. The lowest BCUT2D eigenvalue weighted by Gasteiger charge is -2.32. The summed E-state index contributed by atoms with van der Waals surface area (Å²) in [5.41, 5.74) is 17.5. The Morgan fingerprint density at radius 2 is 1.80 bits per heavy atom. The molecule has 1 fully saturated rings. The maximum atomic E-state index is 13.9. The second-order valence-electron chi connectivity index (χ2n) is 10.5. The van der Waals surface area contributed by atoms with E-state index in [0.717, 1.165) is 35.1 Å². The molecule has 0 spiro atoms. The molecule has 0 radical (unpaired) electrons. The third kappa shape index (κ3) is 6.17. The molecule has 1 aliphatic carbocycles. The summed E-state index contributed by atoms with van der Waals surface area (Å²) in [5.74, 6) is -0.617. The van der Waals surface area contributed by atoms with Crippen molar-refractivity contribution in [2.45, 2.75) is 45.1 Å². The first-order valence-corrected chi connectivity index (χ1v) is 13.4. The fraction of sp³-hybridized carbons (Fsp3) is 0.333. The van der Waals surface area contributed by atoms with Crippen LogP contribution in [0.5, 0.6) is 0 Å². The number of hydrogen-bond donors (Lipinski definition) is 4. The molecule has 6 N–H and O–H groups in total. The number of aromatic nitrogens is 3. The third-order valence-electron chi connectivity index (χ3n) is 7.76. The zero-order valence-electron chi connectivity index (χ0n) is 22.4. The predicted molar refractivity (Wildman–Crippen MR) is 159 cm³/mol. The van der Waals surface area contributed by atoms with Gasteiger partial charge in [0.2, 0.25) is 5.91 Å². The van der Waals surface area contributed by atoms with E-state index in [2.05, 4.69) is 15.0 Å². The Morgan fingerprint density at radius 1 is 1.05 bits per heavy atom.